The molecule has 0 saturated carbocycles. The van der Waals surface area contributed by atoms with Gasteiger partial charge in [0.25, 0.3) is 0 Å². The lowest BCUT2D eigenvalue weighted by atomic mass is 9.99. The third kappa shape index (κ3) is 3.09. The van der Waals surface area contributed by atoms with Crippen LogP contribution in [0.4, 0.5) is 0 Å². The maximum Gasteiger partial charge on any atom is 0.308 e. The third-order valence-corrected chi connectivity index (χ3v) is 4.81. The lowest BCUT2D eigenvalue weighted by Crippen LogP contribution is -2.30. The molecule has 122 valence electrons. The zero-order valence-corrected chi connectivity index (χ0v) is 13.5. The van der Waals surface area contributed by atoms with E-state index in [0.717, 1.165) is 16.5 Å². The molecule has 1 aliphatic rings. The van der Waals surface area contributed by atoms with Crippen LogP contribution in [-0.4, -0.2) is 40.0 Å². The Balaban J connectivity index is 1.65. The van der Waals surface area contributed by atoms with Gasteiger partial charge in [0.05, 0.1) is 5.92 Å². The summed E-state index contributed by atoms with van der Waals surface area (Å²) in [6.07, 6.45) is 3.05. The number of nitrogens with one attached hydrogen (secondary N) is 1. The summed E-state index contributed by atoms with van der Waals surface area (Å²) in [4.78, 5) is 28.5. The van der Waals surface area contributed by atoms with Crippen molar-refractivity contribution in [2.24, 2.45) is 11.8 Å². The summed E-state index contributed by atoms with van der Waals surface area (Å²) < 4.78 is 0. The van der Waals surface area contributed by atoms with Gasteiger partial charge in [-0.2, -0.15) is 0 Å². The third-order valence-electron chi connectivity index (χ3n) is 4.81. The van der Waals surface area contributed by atoms with E-state index < -0.39 is 11.9 Å². The van der Waals surface area contributed by atoms with E-state index in [0.29, 0.717) is 25.9 Å². The van der Waals surface area contributed by atoms with Crippen molar-refractivity contribution in [2.45, 2.75) is 26.7 Å². The number of nitrogens with zero attached hydrogens (tertiary/aromatic N) is 1. The SMILES string of the molecule is Cc1ccc2[nH]cc(CCC(=O)N3C[C@@H](C)[C@H](C(=O)O)C3)c2c1. The van der Waals surface area contributed by atoms with Gasteiger partial charge in [-0.1, -0.05) is 18.6 Å². The van der Waals surface area contributed by atoms with Gasteiger partial charge in [0, 0.05) is 36.6 Å². The van der Waals surface area contributed by atoms with Crippen LogP contribution < -0.4 is 0 Å². The summed E-state index contributed by atoms with van der Waals surface area (Å²) in [7, 11) is 0. The van der Waals surface area contributed by atoms with Gasteiger partial charge in [0.15, 0.2) is 0 Å². The highest BCUT2D eigenvalue weighted by molar-refractivity contribution is 5.85. The van der Waals surface area contributed by atoms with Crippen molar-refractivity contribution in [3.8, 4) is 0 Å². The molecule has 1 aromatic heterocycles. The average molecular weight is 314 g/mol. The second-order valence-corrected chi connectivity index (χ2v) is 6.58. The molecule has 1 saturated heterocycles. The van der Waals surface area contributed by atoms with Gasteiger partial charge in [-0.05, 0) is 37.0 Å². The van der Waals surface area contributed by atoms with E-state index in [9.17, 15) is 9.59 Å². The monoisotopic (exact) mass is 314 g/mol. The summed E-state index contributed by atoms with van der Waals surface area (Å²) in [6.45, 7) is 4.83. The fourth-order valence-electron chi connectivity index (χ4n) is 3.39. The maximum atomic E-state index is 12.4. The van der Waals surface area contributed by atoms with E-state index in [1.165, 1.54) is 5.56 Å². The maximum absolute atomic E-state index is 12.4. The summed E-state index contributed by atoms with van der Waals surface area (Å²) in [5.41, 5.74) is 3.42. The number of hydrogen-bond acceptors (Lipinski definition) is 2. The van der Waals surface area contributed by atoms with E-state index in [4.69, 9.17) is 5.11 Å². The van der Waals surface area contributed by atoms with Crippen LogP contribution in [0.5, 0.6) is 0 Å². The molecule has 0 bridgehead atoms. The first-order valence-corrected chi connectivity index (χ1v) is 8.03. The lowest BCUT2D eigenvalue weighted by molar-refractivity contribution is -0.142. The Labute approximate surface area is 135 Å². The number of amides is 1. The number of likely N-dealkylation sites (tertiary alicyclic amines) is 1. The zero-order chi connectivity index (χ0) is 16.6. The number of carbonyl (C=O) groups is 2. The van der Waals surface area contributed by atoms with Gasteiger partial charge in [-0.25, -0.2) is 0 Å². The number of carbonyl (C=O) groups excluding carboxylic acids is 1. The standard InChI is InChI=1S/C18H22N2O3/c1-11-3-5-16-14(7-11)13(8-19-16)4-6-17(21)20-9-12(2)15(10-20)18(22)23/h3,5,7-8,12,15,19H,4,6,9-10H2,1-2H3,(H,22,23)/t12-,15-/m1/s1. The van der Waals surface area contributed by atoms with Crippen LogP contribution in [-0.2, 0) is 16.0 Å². The quantitative estimate of drug-likeness (QED) is 0.911. The van der Waals surface area contributed by atoms with Gasteiger partial charge in [-0.3, -0.25) is 9.59 Å². The molecule has 3 rings (SSSR count). The number of aliphatic carboxylic acids is 1. The molecule has 1 aliphatic heterocycles. The van der Waals surface area contributed by atoms with Gasteiger partial charge in [0.2, 0.25) is 5.91 Å². The minimum Gasteiger partial charge on any atom is -0.481 e. The number of fused-ring (bicyclic) bond motifs is 1. The molecule has 1 aromatic carbocycles. The number of H-pyrrole nitrogens is 1. The Bertz CT molecular complexity index is 750. The molecule has 23 heavy (non-hydrogen) atoms. The molecule has 0 unspecified atom stereocenters. The topological polar surface area (TPSA) is 73.4 Å². The van der Waals surface area contributed by atoms with Crippen LogP contribution in [0.25, 0.3) is 10.9 Å². The molecular formula is C18H22N2O3. The zero-order valence-electron chi connectivity index (χ0n) is 13.5. The Morgan fingerprint density at radius 2 is 2.13 bits per heavy atom. The van der Waals surface area contributed by atoms with Gasteiger partial charge in [0.1, 0.15) is 0 Å². The Morgan fingerprint density at radius 3 is 2.83 bits per heavy atom. The number of carboxylic acids is 1. The number of aromatic nitrogens is 1. The minimum atomic E-state index is -0.806. The highest BCUT2D eigenvalue weighted by Gasteiger charge is 2.36. The lowest BCUT2D eigenvalue weighted by Gasteiger charge is -2.15. The fraction of sp³-hybridized carbons (Fsp3) is 0.444. The van der Waals surface area contributed by atoms with Crippen LogP contribution in [0.1, 0.15) is 24.5 Å². The van der Waals surface area contributed by atoms with Gasteiger partial charge < -0.3 is 15.0 Å². The van der Waals surface area contributed by atoms with Crippen LogP contribution in [0.15, 0.2) is 24.4 Å². The molecule has 1 fully saturated rings. The van der Waals surface area contributed by atoms with E-state index in [1.54, 1.807) is 4.90 Å². The molecule has 2 atom stereocenters. The minimum absolute atomic E-state index is 0.0205. The number of carboxylic acid groups (broad SMARTS) is 1. The molecule has 5 heteroatoms. The van der Waals surface area contributed by atoms with E-state index in [2.05, 4.69) is 30.1 Å². The molecule has 0 radical (unpaired) electrons. The van der Waals surface area contributed by atoms with Crippen molar-refractivity contribution in [2.75, 3.05) is 13.1 Å². The second kappa shape index (κ2) is 6.07. The fourth-order valence-corrected chi connectivity index (χ4v) is 3.39. The predicted octanol–water partition coefficient (Wildman–Crippen LogP) is 2.59. The van der Waals surface area contributed by atoms with Crippen molar-refractivity contribution in [1.82, 2.24) is 9.88 Å². The summed E-state index contributed by atoms with van der Waals surface area (Å²) in [5.74, 6) is -1.18. The number of rotatable bonds is 4. The van der Waals surface area contributed by atoms with Crippen molar-refractivity contribution < 1.29 is 14.7 Å². The first-order valence-electron chi connectivity index (χ1n) is 8.03. The average Bonchev–Trinajstić information content (AvgIpc) is 3.08. The highest BCUT2D eigenvalue weighted by atomic mass is 16.4. The van der Waals surface area contributed by atoms with Crippen LogP contribution >= 0.6 is 0 Å². The number of aromatic amines is 1. The van der Waals surface area contributed by atoms with Crippen LogP contribution in [0.3, 0.4) is 0 Å². The largest absolute Gasteiger partial charge is 0.481 e. The van der Waals surface area contributed by atoms with E-state index in [-0.39, 0.29) is 11.8 Å². The molecule has 2 N–H and O–H groups in total. The normalized spacial score (nSPS) is 21.0. The summed E-state index contributed by atoms with van der Waals surface area (Å²) >= 11 is 0. The molecular weight excluding hydrogens is 292 g/mol. The molecule has 2 heterocycles. The smallest absolute Gasteiger partial charge is 0.308 e. The first-order chi connectivity index (χ1) is 11.0. The summed E-state index contributed by atoms with van der Waals surface area (Å²) in [6, 6.07) is 6.24. The van der Waals surface area contributed by atoms with Crippen molar-refractivity contribution in [3.63, 3.8) is 0 Å². The Morgan fingerprint density at radius 1 is 1.35 bits per heavy atom. The van der Waals surface area contributed by atoms with Crippen LogP contribution in [0.2, 0.25) is 0 Å². The Hall–Kier alpha value is -2.30. The number of benzene rings is 1. The summed E-state index contributed by atoms with van der Waals surface area (Å²) in [5, 5.41) is 10.3. The number of hydrogen-bond donors (Lipinski definition) is 2. The molecule has 1 amide bonds. The predicted molar refractivity (Wildman–Crippen MR) is 88.2 cm³/mol. The molecule has 2 aromatic rings. The molecule has 5 nitrogen and oxygen atoms in total. The van der Waals surface area contributed by atoms with Crippen LogP contribution in [0, 0.1) is 18.8 Å². The van der Waals surface area contributed by atoms with Crippen molar-refractivity contribution >= 4 is 22.8 Å². The van der Waals surface area contributed by atoms with E-state index in [1.807, 2.05) is 13.1 Å². The molecule has 0 spiro atoms. The van der Waals surface area contributed by atoms with Gasteiger partial charge >= 0.3 is 5.97 Å². The number of aryl methyl sites for hydroxylation is 2. The van der Waals surface area contributed by atoms with Gasteiger partial charge in [-0.15, -0.1) is 0 Å². The molecule has 0 aliphatic carbocycles. The van der Waals surface area contributed by atoms with Crippen molar-refractivity contribution in [3.05, 3.63) is 35.5 Å². The van der Waals surface area contributed by atoms with Crippen molar-refractivity contribution in [1.29, 1.82) is 0 Å². The highest BCUT2D eigenvalue weighted by Crippen LogP contribution is 2.25. The first kappa shape index (κ1) is 15.6. The Kier molecular flexibility index (Phi) is 4.11. The van der Waals surface area contributed by atoms with E-state index >= 15 is 0 Å². The second-order valence-electron chi connectivity index (χ2n) is 6.58.